The summed E-state index contributed by atoms with van der Waals surface area (Å²) in [6, 6.07) is 5.37. The number of carbonyl (C=O) groups is 4. The van der Waals surface area contributed by atoms with Crippen LogP contribution < -0.4 is 4.90 Å². The van der Waals surface area contributed by atoms with Crippen LogP contribution >= 0.6 is 0 Å². The van der Waals surface area contributed by atoms with Crippen molar-refractivity contribution in [1.29, 1.82) is 0 Å². The molecule has 9 nitrogen and oxygen atoms in total. The Bertz CT molecular complexity index is 1490. The topological polar surface area (TPSA) is 111 Å². The van der Waals surface area contributed by atoms with Crippen molar-refractivity contribution in [2.24, 2.45) is 22.7 Å². The zero-order chi connectivity index (χ0) is 30.9. The van der Waals surface area contributed by atoms with Gasteiger partial charge in [-0.05, 0) is 79.4 Å². The number of Topliss-reactive ketones (excluding diaryl/α,β-unsaturated/α-hetero) is 1. The number of esters is 1. The number of fused-ring (bicyclic) bond motifs is 2. The predicted octanol–water partition coefficient (Wildman–Crippen LogP) is 5.56. The summed E-state index contributed by atoms with van der Waals surface area (Å²) in [5.74, 6) is -0.661. The minimum atomic E-state index is -0.557. The number of aldehydes is 1. The van der Waals surface area contributed by atoms with E-state index in [9.17, 15) is 19.2 Å². The Hall–Kier alpha value is -3.88. The first-order chi connectivity index (χ1) is 20.4. The van der Waals surface area contributed by atoms with E-state index in [1.165, 1.54) is 29.7 Å². The second kappa shape index (κ2) is 12.0. The van der Waals surface area contributed by atoms with Crippen molar-refractivity contribution in [3.63, 3.8) is 0 Å². The molecule has 0 N–H and O–H groups in total. The maximum Gasteiger partial charge on any atom is 0.310 e. The number of ether oxygens (including phenoxy) is 1. The van der Waals surface area contributed by atoms with Crippen molar-refractivity contribution < 1.29 is 23.9 Å². The summed E-state index contributed by atoms with van der Waals surface area (Å²) in [5, 5.41) is 8.12. The van der Waals surface area contributed by atoms with Gasteiger partial charge in [-0.2, -0.15) is 0 Å². The van der Waals surface area contributed by atoms with Gasteiger partial charge in [-0.15, -0.1) is 5.10 Å². The molecule has 2 aliphatic carbocycles. The third-order valence-electron chi connectivity index (χ3n) is 10.1. The first-order valence-corrected chi connectivity index (χ1v) is 15.3. The normalized spacial score (nSPS) is 25.0. The lowest BCUT2D eigenvalue weighted by Gasteiger charge is -2.58. The number of allylic oxidation sites excluding steroid dienone is 2. The highest BCUT2D eigenvalue weighted by Crippen LogP contribution is 2.61. The lowest BCUT2D eigenvalue weighted by Crippen LogP contribution is -2.49. The third kappa shape index (κ3) is 6.12. The Morgan fingerprint density at radius 3 is 2.74 bits per heavy atom. The van der Waals surface area contributed by atoms with E-state index in [2.05, 4.69) is 37.7 Å². The number of ketones is 1. The lowest BCUT2D eigenvalue weighted by atomic mass is 9.47. The molecule has 1 amide bonds. The van der Waals surface area contributed by atoms with E-state index < -0.39 is 17.7 Å². The number of carbonyl (C=O) groups excluding carboxylic acids is 4. The van der Waals surface area contributed by atoms with Gasteiger partial charge in [0.1, 0.15) is 18.6 Å². The van der Waals surface area contributed by atoms with Crippen LogP contribution in [0.4, 0.5) is 5.69 Å². The summed E-state index contributed by atoms with van der Waals surface area (Å²) in [5.41, 5.74) is 4.49. The number of benzene rings is 1. The van der Waals surface area contributed by atoms with Crippen molar-refractivity contribution >= 4 is 29.6 Å². The molecule has 1 aromatic carbocycles. The molecule has 3 aliphatic rings. The number of amides is 1. The molecular formula is C34H42N4O5. The number of aryl methyl sites for hydroxylation is 1. The second-order valence-corrected chi connectivity index (χ2v) is 13.4. The highest BCUT2D eigenvalue weighted by molar-refractivity contribution is 6.52. The third-order valence-corrected chi connectivity index (χ3v) is 10.1. The summed E-state index contributed by atoms with van der Waals surface area (Å²) < 4.78 is 6.95. The van der Waals surface area contributed by atoms with Gasteiger partial charge in [0.15, 0.2) is 0 Å². The molecule has 0 saturated heterocycles. The van der Waals surface area contributed by atoms with Gasteiger partial charge >= 0.3 is 5.97 Å². The van der Waals surface area contributed by atoms with Crippen LogP contribution in [-0.4, -0.2) is 45.5 Å². The molecule has 5 rings (SSSR count). The van der Waals surface area contributed by atoms with Crippen molar-refractivity contribution in [3.8, 4) is 0 Å². The molecule has 0 bridgehead atoms. The number of hydrogen-bond donors (Lipinski definition) is 0. The van der Waals surface area contributed by atoms with E-state index in [0.29, 0.717) is 52.7 Å². The van der Waals surface area contributed by atoms with Gasteiger partial charge in [0.05, 0.1) is 30.4 Å². The number of anilines is 1. The molecule has 3 atom stereocenters. The summed E-state index contributed by atoms with van der Waals surface area (Å²) >= 11 is 0. The Labute approximate surface area is 253 Å². The average Bonchev–Trinajstić information content (AvgIpc) is 3.51. The molecule has 2 fully saturated rings. The van der Waals surface area contributed by atoms with Gasteiger partial charge in [0.25, 0.3) is 11.7 Å². The fourth-order valence-electron chi connectivity index (χ4n) is 7.87. The molecule has 43 heavy (non-hydrogen) atoms. The number of aromatic nitrogens is 3. The van der Waals surface area contributed by atoms with Gasteiger partial charge in [0, 0.05) is 6.54 Å². The van der Waals surface area contributed by atoms with Crippen LogP contribution in [0.5, 0.6) is 0 Å². The Morgan fingerprint density at radius 2 is 1.98 bits per heavy atom. The molecule has 1 aromatic heterocycles. The highest BCUT2D eigenvalue weighted by Gasteiger charge is 2.52. The molecule has 2 heterocycles. The quantitative estimate of drug-likeness (QED) is 0.118. The van der Waals surface area contributed by atoms with Crippen LogP contribution in [0.3, 0.4) is 0 Å². The van der Waals surface area contributed by atoms with Gasteiger partial charge < -0.3 is 9.64 Å². The Kier molecular flexibility index (Phi) is 8.54. The first kappa shape index (κ1) is 30.6. The molecule has 0 spiro atoms. The van der Waals surface area contributed by atoms with E-state index in [4.69, 9.17) is 4.74 Å². The van der Waals surface area contributed by atoms with Crippen molar-refractivity contribution in [1.82, 2.24) is 15.0 Å². The molecular weight excluding hydrogens is 544 g/mol. The van der Waals surface area contributed by atoms with E-state index in [1.807, 2.05) is 19.1 Å². The monoisotopic (exact) mass is 586 g/mol. The van der Waals surface area contributed by atoms with Gasteiger partial charge in [-0.3, -0.25) is 23.9 Å². The van der Waals surface area contributed by atoms with Crippen LogP contribution in [0, 0.1) is 29.6 Å². The molecule has 9 heteroatoms. The predicted molar refractivity (Wildman–Crippen MR) is 162 cm³/mol. The van der Waals surface area contributed by atoms with E-state index in [-0.39, 0.29) is 25.0 Å². The van der Waals surface area contributed by atoms with Crippen molar-refractivity contribution in [2.45, 2.75) is 85.8 Å². The standard InChI is InChI=1S/C34H42N4O5/c1-22-7-11-28-26(17-22)31(41)32(42)38(28)16-15-37-19-25(35-36-37)21-43-30(40)18-24(20-39)9-10-27-23(2)8-12-29-33(3,4)13-6-14-34(27,29)5/h7,9,11,17,19-20,27,29H,2,6,8,10,12-16,18,21H2,1,3-5H3/b24-9+/t27-,29-,34+/m0/s1. The van der Waals surface area contributed by atoms with E-state index in [1.54, 1.807) is 23.0 Å². The highest BCUT2D eigenvalue weighted by atomic mass is 16.5. The summed E-state index contributed by atoms with van der Waals surface area (Å²) in [4.78, 5) is 50.8. The fourth-order valence-corrected chi connectivity index (χ4v) is 7.87. The number of rotatable bonds is 10. The van der Waals surface area contributed by atoms with Crippen molar-refractivity contribution in [3.05, 3.63) is 65.0 Å². The summed E-state index contributed by atoms with van der Waals surface area (Å²) in [6.45, 7) is 13.9. The molecule has 1 aliphatic heterocycles. The van der Waals surface area contributed by atoms with E-state index >= 15 is 0 Å². The maximum absolute atomic E-state index is 12.6. The minimum absolute atomic E-state index is 0.0809. The molecule has 2 aromatic rings. The summed E-state index contributed by atoms with van der Waals surface area (Å²) in [6.07, 6.45) is 10.7. The van der Waals surface area contributed by atoms with Crippen LogP contribution in [-0.2, 0) is 32.3 Å². The van der Waals surface area contributed by atoms with Crippen LogP contribution in [0.25, 0.3) is 0 Å². The zero-order valence-corrected chi connectivity index (χ0v) is 25.7. The van der Waals surface area contributed by atoms with Gasteiger partial charge in [-0.25, -0.2) is 0 Å². The number of hydrogen-bond acceptors (Lipinski definition) is 7. The molecule has 0 unspecified atom stereocenters. The Balaban J connectivity index is 1.13. The summed E-state index contributed by atoms with van der Waals surface area (Å²) in [7, 11) is 0. The largest absolute Gasteiger partial charge is 0.459 e. The van der Waals surface area contributed by atoms with E-state index in [0.717, 1.165) is 24.7 Å². The van der Waals surface area contributed by atoms with Crippen LogP contribution in [0.1, 0.15) is 87.3 Å². The molecule has 0 radical (unpaired) electrons. The Morgan fingerprint density at radius 1 is 1.19 bits per heavy atom. The SMILES string of the molecule is C=C1CC[C@H]2C(C)(C)CCC[C@]2(C)[C@H]1C/C=C(/C=O)CC(=O)OCc1cn(CCN2C(=O)C(=O)c3cc(C)ccc32)nn1. The fraction of sp³-hybridized carbons (Fsp3) is 0.529. The van der Waals surface area contributed by atoms with Gasteiger partial charge in [-0.1, -0.05) is 62.3 Å². The lowest BCUT2D eigenvalue weighted by molar-refractivity contribution is -0.144. The van der Waals surface area contributed by atoms with Crippen LogP contribution in [0.2, 0.25) is 0 Å². The zero-order valence-electron chi connectivity index (χ0n) is 25.7. The smallest absolute Gasteiger partial charge is 0.310 e. The number of nitrogens with zero attached hydrogens (tertiary/aromatic N) is 4. The molecule has 228 valence electrons. The van der Waals surface area contributed by atoms with Gasteiger partial charge in [0.2, 0.25) is 0 Å². The second-order valence-electron chi connectivity index (χ2n) is 13.4. The minimum Gasteiger partial charge on any atom is -0.459 e. The maximum atomic E-state index is 12.6. The van der Waals surface area contributed by atoms with Crippen LogP contribution in [0.15, 0.2) is 48.2 Å². The first-order valence-electron chi connectivity index (χ1n) is 15.3. The molecule has 2 saturated carbocycles. The van der Waals surface area contributed by atoms with Crippen molar-refractivity contribution in [2.75, 3.05) is 11.4 Å². The average molecular weight is 587 g/mol.